The number of benzene rings is 1. The van der Waals surface area contributed by atoms with Gasteiger partial charge in [0.25, 0.3) is 0 Å². The van der Waals surface area contributed by atoms with Gasteiger partial charge in [0.2, 0.25) is 0 Å². The highest BCUT2D eigenvalue weighted by Crippen LogP contribution is 2.45. The van der Waals surface area contributed by atoms with Crippen LogP contribution in [0.2, 0.25) is 0 Å². The van der Waals surface area contributed by atoms with Crippen LogP contribution in [0.4, 0.5) is 0 Å². The van der Waals surface area contributed by atoms with E-state index in [0.29, 0.717) is 12.1 Å². The predicted octanol–water partition coefficient (Wildman–Crippen LogP) is 2.59. The van der Waals surface area contributed by atoms with Gasteiger partial charge in [0.1, 0.15) is 17.1 Å². The molecule has 1 aromatic rings. The molecular weight excluding hydrogens is 264 g/mol. The quantitative estimate of drug-likeness (QED) is 0.928. The fourth-order valence-electron chi connectivity index (χ4n) is 3.80. The number of likely N-dealkylation sites (tertiary alicyclic amines) is 1. The van der Waals surface area contributed by atoms with Crippen LogP contribution < -0.4 is 14.8 Å². The van der Waals surface area contributed by atoms with Crippen LogP contribution in [0.3, 0.4) is 0 Å². The Morgan fingerprint density at radius 2 is 2.24 bits per heavy atom. The Morgan fingerprint density at radius 3 is 2.86 bits per heavy atom. The van der Waals surface area contributed by atoms with Crippen LogP contribution in [-0.4, -0.2) is 43.8 Å². The lowest BCUT2D eigenvalue weighted by molar-refractivity contribution is 0.0406. The lowest BCUT2D eigenvalue weighted by Crippen LogP contribution is -2.45. The Labute approximate surface area is 127 Å². The van der Waals surface area contributed by atoms with Gasteiger partial charge >= 0.3 is 0 Å². The highest BCUT2D eigenvalue weighted by Gasteiger charge is 2.47. The molecule has 0 bridgehead atoms. The fourth-order valence-corrected chi connectivity index (χ4v) is 3.80. The Kier molecular flexibility index (Phi) is 3.84. The normalized spacial score (nSPS) is 32.0. The van der Waals surface area contributed by atoms with Crippen molar-refractivity contribution in [2.75, 3.05) is 27.2 Å². The van der Waals surface area contributed by atoms with Gasteiger partial charge in [-0.05, 0) is 38.7 Å². The Balaban J connectivity index is 1.94. The summed E-state index contributed by atoms with van der Waals surface area (Å²) in [5, 5.41) is 3.62. The van der Waals surface area contributed by atoms with Crippen molar-refractivity contribution in [1.82, 2.24) is 10.2 Å². The van der Waals surface area contributed by atoms with Crippen LogP contribution in [0.5, 0.6) is 11.5 Å². The number of ether oxygens (including phenoxy) is 2. The van der Waals surface area contributed by atoms with Crippen molar-refractivity contribution in [2.45, 2.75) is 44.4 Å². The molecule has 2 aliphatic heterocycles. The number of rotatable bonds is 3. The number of nitrogens with one attached hydrogen (secondary N) is 1. The van der Waals surface area contributed by atoms with Gasteiger partial charge in [0, 0.05) is 37.0 Å². The van der Waals surface area contributed by atoms with E-state index < -0.39 is 0 Å². The van der Waals surface area contributed by atoms with Crippen LogP contribution in [0, 0.1) is 0 Å². The first-order chi connectivity index (χ1) is 10.1. The number of hydrogen-bond donors (Lipinski definition) is 1. The average Bonchev–Trinajstić information content (AvgIpc) is 2.73. The average molecular weight is 290 g/mol. The minimum Gasteiger partial charge on any atom is -0.497 e. The monoisotopic (exact) mass is 290 g/mol. The third kappa shape index (κ3) is 2.62. The van der Waals surface area contributed by atoms with E-state index in [-0.39, 0.29) is 5.60 Å². The molecule has 0 aliphatic carbocycles. The minimum atomic E-state index is -0.0530. The van der Waals surface area contributed by atoms with Gasteiger partial charge in [0.05, 0.1) is 7.11 Å². The number of nitrogens with zero attached hydrogens (tertiary/aromatic N) is 1. The first kappa shape index (κ1) is 14.7. The largest absolute Gasteiger partial charge is 0.497 e. The van der Waals surface area contributed by atoms with Crippen LogP contribution in [0.1, 0.15) is 38.3 Å². The van der Waals surface area contributed by atoms with Crippen molar-refractivity contribution in [3.63, 3.8) is 0 Å². The van der Waals surface area contributed by atoms with Gasteiger partial charge in [-0.2, -0.15) is 0 Å². The van der Waals surface area contributed by atoms with Gasteiger partial charge in [0.15, 0.2) is 0 Å². The van der Waals surface area contributed by atoms with E-state index in [1.54, 1.807) is 7.11 Å². The van der Waals surface area contributed by atoms with Gasteiger partial charge in [-0.15, -0.1) is 0 Å². The van der Waals surface area contributed by atoms with Gasteiger partial charge in [-0.3, -0.25) is 4.90 Å². The van der Waals surface area contributed by atoms with Crippen molar-refractivity contribution >= 4 is 0 Å². The molecule has 1 fully saturated rings. The van der Waals surface area contributed by atoms with E-state index in [9.17, 15) is 0 Å². The molecule has 1 N–H and O–H groups in total. The molecule has 0 amide bonds. The molecule has 2 aliphatic rings. The summed E-state index contributed by atoms with van der Waals surface area (Å²) in [6.45, 7) is 6.40. The van der Waals surface area contributed by atoms with Crippen LogP contribution in [0.15, 0.2) is 18.2 Å². The van der Waals surface area contributed by atoms with Crippen molar-refractivity contribution in [1.29, 1.82) is 0 Å². The van der Waals surface area contributed by atoms with Gasteiger partial charge < -0.3 is 14.8 Å². The second-order valence-electron chi connectivity index (χ2n) is 6.47. The molecule has 4 heteroatoms. The van der Waals surface area contributed by atoms with E-state index in [1.807, 2.05) is 6.07 Å². The van der Waals surface area contributed by atoms with Crippen molar-refractivity contribution in [3.8, 4) is 11.5 Å². The number of likely N-dealkylation sites (N-methyl/N-ethyl adjacent to an activating group) is 1. The minimum absolute atomic E-state index is 0.0530. The molecular formula is C17H26N2O2. The van der Waals surface area contributed by atoms with E-state index in [2.05, 4.69) is 43.2 Å². The van der Waals surface area contributed by atoms with Gasteiger partial charge in [-0.1, -0.05) is 6.92 Å². The fraction of sp³-hybridized carbons (Fsp3) is 0.647. The third-order valence-electron chi connectivity index (χ3n) is 4.90. The zero-order valence-electron chi connectivity index (χ0n) is 13.5. The Morgan fingerprint density at radius 1 is 1.43 bits per heavy atom. The Hall–Kier alpha value is -1.26. The molecule has 0 saturated carbocycles. The molecule has 0 aromatic heterocycles. The standard InChI is InChI=1S/C17H26N2O2/c1-5-18-15-10-17(9-12(2)19(3)11-17)21-16-7-6-13(20-4)8-14(15)16/h6-8,12,15,18H,5,9-11H2,1-4H3. The van der Waals surface area contributed by atoms with Crippen molar-refractivity contribution < 1.29 is 9.47 Å². The maximum atomic E-state index is 6.46. The molecule has 3 atom stereocenters. The summed E-state index contributed by atoms with van der Waals surface area (Å²) < 4.78 is 11.8. The lowest BCUT2D eigenvalue weighted by Gasteiger charge is -2.40. The molecule has 2 heterocycles. The molecule has 21 heavy (non-hydrogen) atoms. The number of hydrogen-bond acceptors (Lipinski definition) is 4. The van der Waals surface area contributed by atoms with Gasteiger partial charge in [-0.25, -0.2) is 0 Å². The molecule has 0 radical (unpaired) electrons. The topological polar surface area (TPSA) is 33.7 Å². The Bertz CT molecular complexity index is 508. The second kappa shape index (κ2) is 5.50. The van der Waals surface area contributed by atoms with Crippen molar-refractivity contribution in [2.24, 2.45) is 0 Å². The highest BCUT2D eigenvalue weighted by atomic mass is 16.5. The molecule has 1 saturated heterocycles. The first-order valence-electron chi connectivity index (χ1n) is 7.87. The predicted molar refractivity (Wildman–Crippen MR) is 84.1 cm³/mol. The summed E-state index contributed by atoms with van der Waals surface area (Å²) in [6, 6.07) is 7.07. The van der Waals surface area contributed by atoms with E-state index in [4.69, 9.17) is 9.47 Å². The smallest absolute Gasteiger partial charge is 0.125 e. The summed E-state index contributed by atoms with van der Waals surface area (Å²) >= 11 is 0. The van der Waals surface area contributed by atoms with E-state index >= 15 is 0 Å². The summed E-state index contributed by atoms with van der Waals surface area (Å²) in [6.07, 6.45) is 2.12. The summed E-state index contributed by atoms with van der Waals surface area (Å²) in [5.74, 6) is 1.91. The third-order valence-corrected chi connectivity index (χ3v) is 4.90. The maximum Gasteiger partial charge on any atom is 0.125 e. The molecule has 1 aromatic carbocycles. The zero-order chi connectivity index (χ0) is 15.0. The lowest BCUT2D eigenvalue weighted by atomic mass is 9.85. The van der Waals surface area contributed by atoms with E-state index in [1.165, 1.54) is 5.56 Å². The molecule has 1 spiro atoms. The van der Waals surface area contributed by atoms with E-state index in [0.717, 1.165) is 37.4 Å². The van der Waals surface area contributed by atoms with Crippen molar-refractivity contribution in [3.05, 3.63) is 23.8 Å². The van der Waals surface area contributed by atoms with Crippen LogP contribution in [-0.2, 0) is 0 Å². The van der Waals surface area contributed by atoms with Crippen LogP contribution in [0.25, 0.3) is 0 Å². The summed E-state index contributed by atoms with van der Waals surface area (Å²) in [5.41, 5.74) is 1.17. The molecule has 116 valence electrons. The molecule has 4 nitrogen and oxygen atoms in total. The molecule has 3 unspecified atom stereocenters. The maximum absolute atomic E-state index is 6.46. The summed E-state index contributed by atoms with van der Waals surface area (Å²) in [4.78, 5) is 2.40. The summed E-state index contributed by atoms with van der Waals surface area (Å²) in [7, 11) is 3.90. The number of methoxy groups -OCH3 is 1. The SMILES string of the molecule is CCNC1CC2(CC(C)N(C)C2)Oc2ccc(OC)cc21. The highest BCUT2D eigenvalue weighted by molar-refractivity contribution is 5.44. The number of fused-ring (bicyclic) bond motifs is 1. The van der Waals surface area contributed by atoms with Crippen LogP contribution >= 0.6 is 0 Å². The molecule has 3 rings (SSSR count). The second-order valence-corrected chi connectivity index (χ2v) is 6.47. The zero-order valence-corrected chi connectivity index (χ0v) is 13.5. The first-order valence-corrected chi connectivity index (χ1v) is 7.87.